The van der Waals surface area contributed by atoms with Crippen LogP contribution in [0.2, 0.25) is 0 Å². The van der Waals surface area contributed by atoms with Gasteiger partial charge in [-0.2, -0.15) is 0 Å². The summed E-state index contributed by atoms with van der Waals surface area (Å²) in [5.41, 5.74) is 2.42. The summed E-state index contributed by atoms with van der Waals surface area (Å²) in [5, 5.41) is 0. The Kier molecular flexibility index (Phi) is 9.48. The van der Waals surface area contributed by atoms with E-state index in [9.17, 15) is 19.2 Å². The zero-order chi connectivity index (χ0) is 27.5. The number of aryl methyl sites for hydroxylation is 1. The standard InChI is InChI=1S/C30H24O8/c1-4-27(31)35-23-13-9-21(10-14-23)22-11-15-24(16-12-22)36-30(34)18-8-20-7-17-25(37-28(32)5-2)26(19-20)38-29(33)6-3/h4-7,9-17,19H,1-3,8,18H2. The maximum absolute atomic E-state index is 12.4. The first-order chi connectivity index (χ1) is 18.3. The van der Waals surface area contributed by atoms with Crippen molar-refractivity contribution in [3.63, 3.8) is 0 Å². The molecule has 38 heavy (non-hydrogen) atoms. The first-order valence-electron chi connectivity index (χ1n) is 11.4. The highest BCUT2D eigenvalue weighted by atomic mass is 16.6. The lowest BCUT2D eigenvalue weighted by Gasteiger charge is -2.11. The molecule has 0 aliphatic carbocycles. The largest absolute Gasteiger partial charge is 0.427 e. The molecular formula is C30H24O8. The molecule has 0 saturated carbocycles. The fourth-order valence-corrected chi connectivity index (χ4v) is 3.19. The molecule has 0 aliphatic rings. The Morgan fingerprint density at radius 2 is 1.05 bits per heavy atom. The number of carbonyl (C=O) groups is 4. The van der Waals surface area contributed by atoms with Crippen LogP contribution in [0.4, 0.5) is 0 Å². The van der Waals surface area contributed by atoms with Gasteiger partial charge in [-0.1, -0.05) is 50.1 Å². The van der Waals surface area contributed by atoms with Crippen LogP contribution in [0.15, 0.2) is 105 Å². The molecule has 8 heteroatoms. The molecule has 3 aromatic carbocycles. The van der Waals surface area contributed by atoms with E-state index in [4.69, 9.17) is 18.9 Å². The molecule has 0 bridgehead atoms. The molecule has 0 N–H and O–H groups in total. The van der Waals surface area contributed by atoms with Gasteiger partial charge in [0, 0.05) is 24.6 Å². The molecule has 0 fully saturated rings. The molecule has 0 radical (unpaired) electrons. The number of esters is 4. The van der Waals surface area contributed by atoms with Crippen LogP contribution in [0.25, 0.3) is 11.1 Å². The second kappa shape index (κ2) is 13.2. The summed E-state index contributed by atoms with van der Waals surface area (Å²) in [7, 11) is 0. The van der Waals surface area contributed by atoms with Crippen molar-refractivity contribution in [2.45, 2.75) is 12.8 Å². The van der Waals surface area contributed by atoms with Crippen LogP contribution in [0, 0.1) is 0 Å². The Morgan fingerprint density at radius 3 is 1.58 bits per heavy atom. The molecule has 192 valence electrons. The molecular weight excluding hydrogens is 488 g/mol. The SMILES string of the molecule is C=CC(=O)Oc1ccc(-c2ccc(OC(=O)CCc3ccc(OC(=O)C=C)c(OC(=O)C=C)c3)cc2)cc1. The minimum atomic E-state index is -0.729. The van der Waals surface area contributed by atoms with Gasteiger partial charge in [-0.25, -0.2) is 14.4 Å². The van der Waals surface area contributed by atoms with Crippen LogP contribution in [0.3, 0.4) is 0 Å². The van der Waals surface area contributed by atoms with E-state index in [2.05, 4.69) is 19.7 Å². The van der Waals surface area contributed by atoms with Crippen LogP contribution in [0.1, 0.15) is 12.0 Å². The average molecular weight is 513 g/mol. The van der Waals surface area contributed by atoms with Gasteiger partial charge in [-0.15, -0.1) is 0 Å². The number of ether oxygens (including phenoxy) is 4. The highest BCUT2D eigenvalue weighted by Gasteiger charge is 2.14. The average Bonchev–Trinajstić information content (AvgIpc) is 2.93. The lowest BCUT2D eigenvalue weighted by molar-refractivity contribution is -0.134. The van der Waals surface area contributed by atoms with Gasteiger partial charge in [0.2, 0.25) is 0 Å². The molecule has 0 aliphatic heterocycles. The summed E-state index contributed by atoms with van der Waals surface area (Å²) < 4.78 is 20.7. The van der Waals surface area contributed by atoms with Crippen LogP contribution < -0.4 is 18.9 Å². The summed E-state index contributed by atoms with van der Waals surface area (Å²) in [5.74, 6) is -1.61. The second-order valence-electron chi connectivity index (χ2n) is 7.68. The Labute approximate surface area is 219 Å². The third kappa shape index (κ3) is 7.89. The summed E-state index contributed by atoms with van der Waals surface area (Å²) in [4.78, 5) is 46.9. The van der Waals surface area contributed by atoms with Crippen molar-refractivity contribution in [1.82, 2.24) is 0 Å². The minimum absolute atomic E-state index is 0.0125. The van der Waals surface area contributed by atoms with E-state index < -0.39 is 23.9 Å². The smallest absolute Gasteiger partial charge is 0.335 e. The fraction of sp³-hybridized carbons (Fsp3) is 0.0667. The minimum Gasteiger partial charge on any atom is -0.427 e. The van der Waals surface area contributed by atoms with E-state index >= 15 is 0 Å². The number of benzene rings is 3. The normalized spacial score (nSPS) is 10.0. The molecule has 0 saturated heterocycles. The monoisotopic (exact) mass is 512 g/mol. The van der Waals surface area contributed by atoms with Gasteiger partial charge in [0.1, 0.15) is 11.5 Å². The van der Waals surface area contributed by atoms with Crippen LogP contribution >= 0.6 is 0 Å². The topological polar surface area (TPSA) is 105 Å². The Hall–Kier alpha value is -5.24. The molecule has 0 heterocycles. The molecule has 0 spiro atoms. The molecule has 0 unspecified atom stereocenters. The molecule has 3 rings (SSSR count). The van der Waals surface area contributed by atoms with Gasteiger partial charge >= 0.3 is 23.9 Å². The van der Waals surface area contributed by atoms with Gasteiger partial charge in [-0.05, 0) is 59.5 Å². The predicted octanol–water partition coefficient (Wildman–Crippen LogP) is 5.17. The highest BCUT2D eigenvalue weighted by Crippen LogP contribution is 2.30. The molecule has 3 aromatic rings. The van der Waals surface area contributed by atoms with Gasteiger partial charge in [0.05, 0.1) is 0 Å². The van der Waals surface area contributed by atoms with Crippen molar-refractivity contribution in [2.75, 3.05) is 0 Å². The van der Waals surface area contributed by atoms with Crippen molar-refractivity contribution < 1.29 is 38.1 Å². The Bertz CT molecular complexity index is 1370. The molecule has 8 nitrogen and oxygen atoms in total. The lowest BCUT2D eigenvalue weighted by atomic mass is 10.1. The number of rotatable bonds is 11. The molecule has 0 amide bonds. The summed E-state index contributed by atoms with van der Waals surface area (Å²) in [6.07, 6.45) is 3.38. The van der Waals surface area contributed by atoms with Gasteiger partial charge < -0.3 is 18.9 Å². The zero-order valence-electron chi connectivity index (χ0n) is 20.4. The number of hydrogen-bond donors (Lipinski definition) is 0. The quantitative estimate of drug-likeness (QED) is 0.197. The van der Waals surface area contributed by atoms with E-state index in [1.54, 1.807) is 54.6 Å². The third-order valence-corrected chi connectivity index (χ3v) is 5.04. The summed E-state index contributed by atoms with van der Waals surface area (Å²) in [6, 6.07) is 18.5. The van der Waals surface area contributed by atoms with E-state index in [0.29, 0.717) is 17.1 Å². The van der Waals surface area contributed by atoms with E-state index in [1.165, 1.54) is 12.1 Å². The van der Waals surface area contributed by atoms with Crippen LogP contribution in [-0.4, -0.2) is 23.9 Å². The van der Waals surface area contributed by atoms with Crippen molar-refractivity contribution >= 4 is 23.9 Å². The van der Waals surface area contributed by atoms with E-state index in [1.807, 2.05) is 0 Å². The van der Waals surface area contributed by atoms with Gasteiger partial charge in [0.15, 0.2) is 11.5 Å². The van der Waals surface area contributed by atoms with Crippen LogP contribution in [0.5, 0.6) is 23.0 Å². The van der Waals surface area contributed by atoms with Crippen molar-refractivity contribution in [3.05, 3.63) is 110 Å². The number of hydrogen-bond acceptors (Lipinski definition) is 8. The lowest BCUT2D eigenvalue weighted by Crippen LogP contribution is -2.10. The Balaban J connectivity index is 1.59. The van der Waals surface area contributed by atoms with Gasteiger partial charge in [0.25, 0.3) is 0 Å². The predicted molar refractivity (Wildman–Crippen MR) is 140 cm³/mol. The molecule has 0 aromatic heterocycles. The number of carbonyl (C=O) groups excluding carboxylic acids is 4. The first-order valence-corrected chi connectivity index (χ1v) is 11.4. The zero-order valence-corrected chi connectivity index (χ0v) is 20.4. The second-order valence-corrected chi connectivity index (χ2v) is 7.68. The first kappa shape index (κ1) is 27.3. The van der Waals surface area contributed by atoms with E-state index in [-0.39, 0.29) is 24.3 Å². The summed E-state index contributed by atoms with van der Waals surface area (Å²) >= 11 is 0. The summed E-state index contributed by atoms with van der Waals surface area (Å²) in [6.45, 7) is 10.0. The maximum Gasteiger partial charge on any atom is 0.335 e. The van der Waals surface area contributed by atoms with Crippen molar-refractivity contribution in [3.8, 4) is 34.1 Å². The Morgan fingerprint density at radius 1 is 0.579 bits per heavy atom. The van der Waals surface area contributed by atoms with E-state index in [0.717, 1.165) is 29.4 Å². The molecule has 0 atom stereocenters. The highest BCUT2D eigenvalue weighted by molar-refractivity contribution is 5.86. The maximum atomic E-state index is 12.4. The van der Waals surface area contributed by atoms with Crippen molar-refractivity contribution in [1.29, 1.82) is 0 Å². The van der Waals surface area contributed by atoms with Crippen LogP contribution in [-0.2, 0) is 25.6 Å². The third-order valence-electron chi connectivity index (χ3n) is 5.04. The van der Waals surface area contributed by atoms with Gasteiger partial charge in [-0.3, -0.25) is 4.79 Å². The fourth-order valence-electron chi connectivity index (χ4n) is 3.19. The van der Waals surface area contributed by atoms with Crippen molar-refractivity contribution in [2.24, 2.45) is 0 Å².